The molecule has 0 unspecified atom stereocenters. The molecule has 0 saturated heterocycles. The van der Waals surface area contributed by atoms with E-state index in [0.717, 1.165) is 0 Å². The van der Waals surface area contributed by atoms with Gasteiger partial charge in [-0.25, -0.2) is 0 Å². The van der Waals surface area contributed by atoms with Crippen LogP contribution >= 0.6 is 24.8 Å². The fourth-order valence-corrected chi connectivity index (χ4v) is 1.20. The molecule has 0 aromatic heterocycles. The summed E-state index contributed by atoms with van der Waals surface area (Å²) in [6.45, 7) is 0. The number of carbonyl (C=O) groups excluding carboxylic acids is 2. The highest BCUT2D eigenvalue weighted by Crippen LogP contribution is 1.95. The van der Waals surface area contributed by atoms with E-state index in [2.05, 4.69) is 0 Å². The van der Waals surface area contributed by atoms with Crippen molar-refractivity contribution in [1.29, 1.82) is 0 Å². The molecule has 0 fully saturated rings. The number of carbonyl (C=O) groups is 2. The van der Waals surface area contributed by atoms with E-state index < -0.39 is 0 Å². The van der Waals surface area contributed by atoms with Gasteiger partial charge in [0.05, 0.1) is 0 Å². The molecule has 0 bridgehead atoms. The number of hydrogen-bond acceptors (Lipinski definition) is 2. The van der Waals surface area contributed by atoms with Crippen LogP contribution in [0.15, 0.2) is 60.7 Å². The van der Waals surface area contributed by atoms with Crippen molar-refractivity contribution >= 4 is 36.6 Å². The first-order chi connectivity index (χ1) is 8.61. The predicted octanol–water partition coefficient (Wildman–Crippen LogP) is 2.41. The van der Waals surface area contributed by atoms with Crippen molar-refractivity contribution in [2.45, 2.75) is 0 Å². The molecule has 6 heteroatoms. The van der Waals surface area contributed by atoms with Gasteiger partial charge in [-0.15, -0.1) is 24.8 Å². The zero-order valence-corrected chi connectivity index (χ0v) is 12.2. The molecule has 2 aromatic carbocycles. The van der Waals surface area contributed by atoms with E-state index in [1.807, 2.05) is 12.1 Å². The summed E-state index contributed by atoms with van der Waals surface area (Å²) in [7, 11) is 0. The lowest BCUT2D eigenvalue weighted by molar-refractivity contribution is 0.0992. The second-order valence-electron chi connectivity index (χ2n) is 3.46. The number of halogens is 2. The maximum Gasteiger partial charge on any atom is 0.248 e. The largest absolute Gasteiger partial charge is 0.366 e. The SMILES string of the molecule is Cl.Cl.NC(=O)c1ccccc1.NC(=O)c1ccccc1. The van der Waals surface area contributed by atoms with Gasteiger partial charge in [0.1, 0.15) is 0 Å². The first-order valence-corrected chi connectivity index (χ1v) is 5.31. The van der Waals surface area contributed by atoms with Gasteiger partial charge in [0.25, 0.3) is 0 Å². The Kier molecular flexibility index (Phi) is 11.0. The van der Waals surface area contributed by atoms with Crippen LogP contribution in [0, 0.1) is 0 Å². The molecule has 0 aliphatic carbocycles. The molecule has 4 nitrogen and oxygen atoms in total. The summed E-state index contributed by atoms with van der Waals surface area (Å²) in [6, 6.07) is 17.5. The van der Waals surface area contributed by atoms with Crippen molar-refractivity contribution in [2.24, 2.45) is 11.5 Å². The Labute approximate surface area is 130 Å². The number of amides is 2. The van der Waals surface area contributed by atoms with Crippen molar-refractivity contribution < 1.29 is 9.59 Å². The summed E-state index contributed by atoms with van der Waals surface area (Å²) < 4.78 is 0. The van der Waals surface area contributed by atoms with Gasteiger partial charge >= 0.3 is 0 Å². The van der Waals surface area contributed by atoms with E-state index in [1.165, 1.54) is 0 Å². The third-order valence-corrected chi connectivity index (χ3v) is 2.12. The summed E-state index contributed by atoms with van der Waals surface area (Å²) in [5.74, 6) is -0.758. The van der Waals surface area contributed by atoms with E-state index in [-0.39, 0.29) is 36.6 Å². The predicted molar refractivity (Wildman–Crippen MR) is 84.4 cm³/mol. The molecule has 0 saturated carbocycles. The van der Waals surface area contributed by atoms with Crippen LogP contribution in [0.1, 0.15) is 20.7 Å². The molecule has 20 heavy (non-hydrogen) atoms. The van der Waals surface area contributed by atoms with Gasteiger partial charge in [0, 0.05) is 11.1 Å². The smallest absolute Gasteiger partial charge is 0.248 e. The molecule has 0 spiro atoms. The van der Waals surface area contributed by atoms with Gasteiger partial charge < -0.3 is 11.5 Å². The second kappa shape index (κ2) is 10.8. The first-order valence-electron chi connectivity index (χ1n) is 5.31. The van der Waals surface area contributed by atoms with Crippen LogP contribution in [0.5, 0.6) is 0 Å². The molecule has 0 radical (unpaired) electrons. The molecule has 108 valence electrons. The summed E-state index contributed by atoms with van der Waals surface area (Å²) >= 11 is 0. The van der Waals surface area contributed by atoms with Crippen LogP contribution in [0.4, 0.5) is 0 Å². The Morgan fingerprint density at radius 3 is 1.00 bits per heavy atom. The van der Waals surface area contributed by atoms with E-state index >= 15 is 0 Å². The van der Waals surface area contributed by atoms with Crippen molar-refractivity contribution in [3.63, 3.8) is 0 Å². The minimum atomic E-state index is -0.379. The Morgan fingerprint density at radius 2 is 0.850 bits per heavy atom. The topological polar surface area (TPSA) is 86.2 Å². The molecule has 2 amide bonds. The van der Waals surface area contributed by atoms with Gasteiger partial charge in [-0.1, -0.05) is 36.4 Å². The third kappa shape index (κ3) is 7.41. The highest BCUT2D eigenvalue weighted by atomic mass is 35.5. The minimum absolute atomic E-state index is 0. The van der Waals surface area contributed by atoms with Crippen LogP contribution in [0.2, 0.25) is 0 Å². The standard InChI is InChI=1S/2C7H7NO.2ClH/c2*8-7(9)6-4-2-1-3-5-6;;/h2*1-5H,(H2,8,9);2*1H. The normalized spacial score (nSPS) is 8.00. The maximum atomic E-state index is 10.4. The van der Waals surface area contributed by atoms with Crippen molar-refractivity contribution in [2.75, 3.05) is 0 Å². The lowest BCUT2D eigenvalue weighted by atomic mass is 10.2. The maximum absolute atomic E-state index is 10.4. The van der Waals surface area contributed by atoms with Gasteiger partial charge in [0.15, 0.2) is 0 Å². The summed E-state index contributed by atoms with van der Waals surface area (Å²) in [4.78, 5) is 20.8. The van der Waals surface area contributed by atoms with Gasteiger partial charge in [0.2, 0.25) is 11.8 Å². The molecule has 0 aliphatic rings. The van der Waals surface area contributed by atoms with Crippen LogP contribution < -0.4 is 11.5 Å². The molecule has 2 rings (SSSR count). The van der Waals surface area contributed by atoms with E-state index in [1.54, 1.807) is 48.5 Å². The summed E-state index contributed by atoms with van der Waals surface area (Å²) in [5.41, 5.74) is 11.1. The molecule has 0 atom stereocenters. The molecule has 0 aliphatic heterocycles. The highest BCUT2D eigenvalue weighted by Gasteiger charge is 1.94. The number of rotatable bonds is 2. The molecule has 0 heterocycles. The van der Waals surface area contributed by atoms with Crippen molar-refractivity contribution in [1.82, 2.24) is 0 Å². The highest BCUT2D eigenvalue weighted by molar-refractivity contribution is 5.93. The van der Waals surface area contributed by atoms with E-state index in [4.69, 9.17) is 11.5 Å². The Morgan fingerprint density at radius 1 is 0.600 bits per heavy atom. The number of benzene rings is 2. The number of nitrogens with two attached hydrogens (primary N) is 2. The molecular weight excluding hydrogens is 299 g/mol. The van der Waals surface area contributed by atoms with Gasteiger partial charge in [-0.2, -0.15) is 0 Å². The summed E-state index contributed by atoms with van der Waals surface area (Å²) in [5, 5.41) is 0. The molecular formula is C14H16Cl2N2O2. The van der Waals surface area contributed by atoms with Crippen LogP contribution in [0.3, 0.4) is 0 Å². The second-order valence-corrected chi connectivity index (χ2v) is 3.46. The van der Waals surface area contributed by atoms with Crippen molar-refractivity contribution in [3.8, 4) is 0 Å². The Balaban J connectivity index is 0. The van der Waals surface area contributed by atoms with E-state index in [0.29, 0.717) is 11.1 Å². The molecule has 2 aromatic rings. The summed E-state index contributed by atoms with van der Waals surface area (Å²) in [6.07, 6.45) is 0. The minimum Gasteiger partial charge on any atom is -0.366 e. The quantitative estimate of drug-likeness (QED) is 0.891. The van der Waals surface area contributed by atoms with E-state index in [9.17, 15) is 9.59 Å². The average molecular weight is 315 g/mol. The molecule has 4 N–H and O–H groups in total. The third-order valence-electron chi connectivity index (χ3n) is 2.12. The zero-order chi connectivity index (χ0) is 13.4. The average Bonchev–Trinajstić information content (AvgIpc) is 2.41. The van der Waals surface area contributed by atoms with Gasteiger partial charge in [-0.3, -0.25) is 9.59 Å². The number of primary amides is 2. The van der Waals surface area contributed by atoms with Crippen LogP contribution in [0.25, 0.3) is 0 Å². The first kappa shape index (κ1) is 20.3. The van der Waals surface area contributed by atoms with Crippen LogP contribution in [-0.2, 0) is 0 Å². The fourth-order valence-electron chi connectivity index (χ4n) is 1.20. The Hall–Kier alpha value is -2.04. The van der Waals surface area contributed by atoms with Gasteiger partial charge in [-0.05, 0) is 24.3 Å². The zero-order valence-electron chi connectivity index (χ0n) is 10.6. The number of hydrogen-bond donors (Lipinski definition) is 2. The lowest BCUT2D eigenvalue weighted by Crippen LogP contribution is -2.09. The fraction of sp³-hybridized carbons (Fsp3) is 0. The van der Waals surface area contributed by atoms with Crippen LogP contribution in [-0.4, -0.2) is 11.8 Å². The monoisotopic (exact) mass is 314 g/mol. The Bertz CT molecular complexity index is 470. The lowest BCUT2D eigenvalue weighted by Gasteiger charge is -1.89. The van der Waals surface area contributed by atoms with Crippen molar-refractivity contribution in [3.05, 3.63) is 71.8 Å².